The Morgan fingerprint density at radius 1 is 1.03 bits per heavy atom. The van der Waals surface area contributed by atoms with Crippen molar-refractivity contribution in [2.24, 2.45) is 0 Å². The molecule has 0 spiro atoms. The number of thioether (sulfide) groups is 1. The van der Waals surface area contributed by atoms with E-state index in [2.05, 4.69) is 56.1 Å². The predicted molar refractivity (Wildman–Crippen MR) is 126 cm³/mol. The smallest absolute Gasteiger partial charge is 0.122 e. The Morgan fingerprint density at radius 2 is 1.86 bits per heavy atom. The van der Waals surface area contributed by atoms with Gasteiger partial charge in [-0.3, -0.25) is 4.90 Å². The van der Waals surface area contributed by atoms with Crippen molar-refractivity contribution in [3.05, 3.63) is 58.1 Å². The highest BCUT2D eigenvalue weighted by Gasteiger charge is 2.27. The first-order valence-electron chi connectivity index (χ1n) is 10.7. The van der Waals surface area contributed by atoms with Crippen LogP contribution in [0.25, 0.3) is 0 Å². The molecule has 0 bridgehead atoms. The van der Waals surface area contributed by atoms with E-state index in [-0.39, 0.29) is 0 Å². The van der Waals surface area contributed by atoms with Gasteiger partial charge in [-0.1, -0.05) is 34.1 Å². The lowest BCUT2D eigenvalue weighted by atomic mass is 10.1. The molecule has 0 saturated carbocycles. The molecular weight excluding hydrogens is 444 g/mol. The van der Waals surface area contributed by atoms with Crippen molar-refractivity contribution in [2.75, 3.05) is 33.3 Å². The number of ether oxygens (including phenoxy) is 1. The number of benzene rings is 2. The lowest BCUT2D eigenvalue weighted by molar-refractivity contribution is 0.184. The third kappa shape index (κ3) is 5.57. The van der Waals surface area contributed by atoms with Gasteiger partial charge in [0, 0.05) is 39.8 Å². The molecule has 0 amide bonds. The molecule has 3 nitrogen and oxygen atoms in total. The first kappa shape index (κ1) is 21.2. The highest BCUT2D eigenvalue weighted by Crippen LogP contribution is 2.33. The Hall–Kier alpha value is -1.01. The molecular formula is C24H31BrN2OS. The normalized spacial score (nSPS) is 20.4. The standard InChI is InChI=1S/C24H31BrN2OS/c1-28-23-11-10-21(25)15-20(23)18-29-24-9-3-2-7-19(24)16-27-14-6-8-22(27)17-26-12-4-5-13-26/h2-3,7,9-11,15,22H,4-6,8,12-14,16-18H2,1H3/t22-/m1/s1. The van der Waals surface area contributed by atoms with Crippen molar-refractivity contribution in [1.82, 2.24) is 9.80 Å². The van der Waals surface area contributed by atoms with Crippen LogP contribution in [0.2, 0.25) is 0 Å². The van der Waals surface area contributed by atoms with E-state index >= 15 is 0 Å². The zero-order valence-corrected chi connectivity index (χ0v) is 19.7. The van der Waals surface area contributed by atoms with Gasteiger partial charge >= 0.3 is 0 Å². The van der Waals surface area contributed by atoms with Crippen molar-refractivity contribution in [1.29, 1.82) is 0 Å². The van der Waals surface area contributed by atoms with Crippen molar-refractivity contribution < 1.29 is 4.74 Å². The van der Waals surface area contributed by atoms with Crippen molar-refractivity contribution in [3.8, 4) is 5.75 Å². The third-order valence-corrected chi connectivity index (χ3v) is 7.80. The first-order chi connectivity index (χ1) is 14.2. The van der Waals surface area contributed by atoms with Gasteiger partial charge in [-0.2, -0.15) is 0 Å². The summed E-state index contributed by atoms with van der Waals surface area (Å²) < 4.78 is 6.66. The van der Waals surface area contributed by atoms with E-state index in [9.17, 15) is 0 Å². The number of halogens is 1. The van der Waals surface area contributed by atoms with Crippen LogP contribution >= 0.6 is 27.7 Å². The van der Waals surface area contributed by atoms with Crippen LogP contribution in [0.4, 0.5) is 0 Å². The fraction of sp³-hybridized carbons (Fsp3) is 0.500. The van der Waals surface area contributed by atoms with E-state index in [1.54, 1.807) is 7.11 Å². The molecule has 0 unspecified atom stereocenters. The number of hydrogen-bond donors (Lipinski definition) is 0. The molecule has 2 aliphatic heterocycles. The SMILES string of the molecule is COc1ccc(Br)cc1CSc1ccccc1CN1CCC[C@@H]1CN1CCCC1. The molecule has 4 rings (SSSR count). The molecule has 29 heavy (non-hydrogen) atoms. The summed E-state index contributed by atoms with van der Waals surface area (Å²) in [4.78, 5) is 6.78. The van der Waals surface area contributed by atoms with Gasteiger partial charge < -0.3 is 9.64 Å². The maximum Gasteiger partial charge on any atom is 0.122 e. The molecule has 0 aliphatic carbocycles. The monoisotopic (exact) mass is 474 g/mol. The molecule has 2 heterocycles. The molecule has 0 radical (unpaired) electrons. The minimum absolute atomic E-state index is 0.719. The summed E-state index contributed by atoms with van der Waals surface area (Å²) in [5.74, 6) is 1.88. The van der Waals surface area contributed by atoms with Gasteiger partial charge in [-0.05, 0) is 75.1 Å². The number of hydrogen-bond acceptors (Lipinski definition) is 4. The van der Waals surface area contributed by atoms with E-state index in [1.165, 1.54) is 67.9 Å². The van der Waals surface area contributed by atoms with Crippen LogP contribution in [0, 0.1) is 0 Å². The van der Waals surface area contributed by atoms with E-state index < -0.39 is 0 Å². The maximum absolute atomic E-state index is 5.56. The lowest BCUT2D eigenvalue weighted by Gasteiger charge is -2.29. The van der Waals surface area contributed by atoms with Crippen molar-refractivity contribution in [3.63, 3.8) is 0 Å². The molecule has 2 aliphatic rings. The van der Waals surface area contributed by atoms with Crippen LogP contribution in [0.15, 0.2) is 51.8 Å². The third-order valence-electron chi connectivity index (χ3n) is 6.14. The Labute approximate surface area is 187 Å². The van der Waals surface area contributed by atoms with E-state index in [0.717, 1.165) is 28.6 Å². The van der Waals surface area contributed by atoms with Crippen LogP contribution in [0.3, 0.4) is 0 Å². The quantitative estimate of drug-likeness (QED) is 0.448. The Balaban J connectivity index is 1.42. The number of methoxy groups -OCH3 is 1. The molecule has 2 aromatic rings. The zero-order valence-electron chi connectivity index (χ0n) is 17.3. The molecule has 156 valence electrons. The van der Waals surface area contributed by atoms with E-state index in [4.69, 9.17) is 4.74 Å². The average Bonchev–Trinajstić information content (AvgIpc) is 3.40. The minimum atomic E-state index is 0.719. The first-order valence-corrected chi connectivity index (χ1v) is 12.5. The van der Waals surface area contributed by atoms with Gasteiger partial charge in [-0.25, -0.2) is 0 Å². The van der Waals surface area contributed by atoms with Gasteiger partial charge in [0.1, 0.15) is 5.75 Å². The summed E-state index contributed by atoms with van der Waals surface area (Å²) in [5, 5.41) is 0. The fourth-order valence-corrected chi connectivity index (χ4v) is 6.02. The highest BCUT2D eigenvalue weighted by molar-refractivity contribution is 9.10. The molecule has 5 heteroatoms. The van der Waals surface area contributed by atoms with Crippen molar-refractivity contribution in [2.45, 2.75) is 48.9 Å². The van der Waals surface area contributed by atoms with Gasteiger partial charge in [0.05, 0.1) is 7.11 Å². The van der Waals surface area contributed by atoms with Crippen LogP contribution in [-0.4, -0.2) is 49.1 Å². The summed E-state index contributed by atoms with van der Waals surface area (Å²) in [7, 11) is 1.75. The summed E-state index contributed by atoms with van der Waals surface area (Å²) in [6.45, 7) is 6.15. The van der Waals surface area contributed by atoms with Gasteiger partial charge in [-0.15, -0.1) is 11.8 Å². The summed E-state index contributed by atoms with van der Waals surface area (Å²) in [6, 6.07) is 15.9. The second kappa shape index (κ2) is 10.3. The van der Waals surface area contributed by atoms with Crippen LogP contribution in [-0.2, 0) is 12.3 Å². The van der Waals surface area contributed by atoms with Crippen LogP contribution < -0.4 is 4.74 Å². The molecule has 2 fully saturated rings. The molecule has 0 N–H and O–H groups in total. The van der Waals surface area contributed by atoms with E-state index in [0.29, 0.717) is 0 Å². The van der Waals surface area contributed by atoms with Crippen LogP contribution in [0.5, 0.6) is 5.75 Å². The molecule has 2 aromatic carbocycles. The second-order valence-electron chi connectivity index (χ2n) is 8.13. The Morgan fingerprint density at radius 3 is 2.69 bits per heavy atom. The molecule has 1 atom stereocenters. The molecule has 2 saturated heterocycles. The Bertz CT molecular complexity index is 809. The number of likely N-dealkylation sites (tertiary alicyclic amines) is 2. The summed E-state index contributed by atoms with van der Waals surface area (Å²) in [5.41, 5.74) is 2.69. The van der Waals surface area contributed by atoms with Gasteiger partial charge in [0.25, 0.3) is 0 Å². The van der Waals surface area contributed by atoms with Gasteiger partial charge in [0.15, 0.2) is 0 Å². The number of nitrogens with zero attached hydrogens (tertiary/aromatic N) is 2. The fourth-order valence-electron chi connectivity index (χ4n) is 4.58. The minimum Gasteiger partial charge on any atom is -0.496 e. The predicted octanol–water partition coefficient (Wildman–Crippen LogP) is 5.81. The summed E-state index contributed by atoms with van der Waals surface area (Å²) >= 11 is 5.51. The average molecular weight is 475 g/mol. The van der Waals surface area contributed by atoms with Crippen LogP contribution in [0.1, 0.15) is 36.8 Å². The largest absolute Gasteiger partial charge is 0.496 e. The molecule has 0 aromatic heterocycles. The zero-order chi connectivity index (χ0) is 20.1. The van der Waals surface area contributed by atoms with Crippen molar-refractivity contribution >= 4 is 27.7 Å². The number of rotatable bonds is 8. The summed E-state index contributed by atoms with van der Waals surface area (Å²) in [6.07, 6.45) is 5.45. The topological polar surface area (TPSA) is 15.7 Å². The second-order valence-corrected chi connectivity index (χ2v) is 10.1. The van der Waals surface area contributed by atoms with E-state index in [1.807, 2.05) is 23.9 Å². The Kier molecular flexibility index (Phi) is 7.57. The highest BCUT2D eigenvalue weighted by atomic mass is 79.9. The van der Waals surface area contributed by atoms with Gasteiger partial charge in [0.2, 0.25) is 0 Å². The maximum atomic E-state index is 5.56. The lowest BCUT2D eigenvalue weighted by Crippen LogP contribution is -2.39.